The van der Waals surface area contributed by atoms with Gasteiger partial charge in [0.2, 0.25) is 0 Å². The van der Waals surface area contributed by atoms with E-state index in [2.05, 4.69) is 59.8 Å². The summed E-state index contributed by atoms with van der Waals surface area (Å²) in [4.78, 5) is 7.03. The summed E-state index contributed by atoms with van der Waals surface area (Å²) < 4.78 is 0. The summed E-state index contributed by atoms with van der Waals surface area (Å²) in [5.41, 5.74) is 1.28. The van der Waals surface area contributed by atoms with Crippen LogP contribution in [0.2, 0.25) is 0 Å². The Morgan fingerprint density at radius 3 is 2.61 bits per heavy atom. The number of benzene rings is 1. The molecule has 4 heteroatoms. The first-order valence-electron chi connectivity index (χ1n) is 9.10. The molecule has 0 spiro atoms. The molecule has 23 heavy (non-hydrogen) atoms. The van der Waals surface area contributed by atoms with Gasteiger partial charge in [-0.3, -0.25) is 4.99 Å². The molecule has 0 aliphatic heterocycles. The average Bonchev–Trinajstić information content (AvgIpc) is 3.08. The Kier molecular flexibility index (Phi) is 7.78. The number of unbranched alkanes of at least 4 members (excludes halogenated alkanes) is 1. The molecule has 1 aromatic carbocycles. The van der Waals surface area contributed by atoms with Gasteiger partial charge in [-0.1, -0.05) is 31.0 Å². The first kappa shape index (κ1) is 17.6. The molecule has 0 heterocycles. The van der Waals surface area contributed by atoms with E-state index in [1.807, 2.05) is 0 Å². The van der Waals surface area contributed by atoms with E-state index in [-0.39, 0.29) is 0 Å². The highest BCUT2D eigenvalue weighted by Gasteiger charge is 2.15. The minimum atomic E-state index is 0.622. The summed E-state index contributed by atoms with van der Waals surface area (Å²) >= 11 is 0. The maximum absolute atomic E-state index is 4.72. The molecule has 2 rings (SSSR count). The Morgan fingerprint density at radius 1 is 1.17 bits per heavy atom. The normalized spacial score (nSPS) is 15.7. The Balaban J connectivity index is 1.66. The van der Waals surface area contributed by atoms with E-state index < -0.39 is 0 Å². The number of nitrogens with zero attached hydrogens (tertiary/aromatic N) is 2. The van der Waals surface area contributed by atoms with Gasteiger partial charge in [0.15, 0.2) is 5.96 Å². The van der Waals surface area contributed by atoms with Gasteiger partial charge < -0.3 is 15.5 Å². The van der Waals surface area contributed by atoms with Crippen LogP contribution < -0.4 is 15.5 Å². The van der Waals surface area contributed by atoms with Gasteiger partial charge in [0.1, 0.15) is 0 Å². The zero-order valence-electron chi connectivity index (χ0n) is 14.7. The molecule has 1 aliphatic rings. The van der Waals surface area contributed by atoms with Crippen LogP contribution in [0.15, 0.2) is 35.3 Å². The third-order valence-electron chi connectivity index (χ3n) is 4.41. The fourth-order valence-electron chi connectivity index (χ4n) is 3.05. The monoisotopic (exact) mass is 316 g/mol. The van der Waals surface area contributed by atoms with Gasteiger partial charge in [0, 0.05) is 38.4 Å². The fourth-order valence-corrected chi connectivity index (χ4v) is 3.05. The molecule has 4 nitrogen and oxygen atoms in total. The molecular weight excluding hydrogens is 284 g/mol. The van der Waals surface area contributed by atoms with E-state index in [1.54, 1.807) is 0 Å². The number of para-hydroxylation sites is 1. The molecule has 0 unspecified atom stereocenters. The van der Waals surface area contributed by atoms with Gasteiger partial charge >= 0.3 is 0 Å². The van der Waals surface area contributed by atoms with Crippen molar-refractivity contribution in [2.45, 2.75) is 51.5 Å². The molecule has 1 fully saturated rings. The summed E-state index contributed by atoms with van der Waals surface area (Å²) in [5, 5.41) is 6.93. The second kappa shape index (κ2) is 10.1. The van der Waals surface area contributed by atoms with E-state index in [0.29, 0.717) is 6.04 Å². The molecule has 0 radical (unpaired) electrons. The van der Waals surface area contributed by atoms with Crippen molar-refractivity contribution in [3.8, 4) is 0 Å². The van der Waals surface area contributed by atoms with Crippen LogP contribution in [0.25, 0.3) is 0 Å². The van der Waals surface area contributed by atoms with Gasteiger partial charge in [-0.05, 0) is 44.7 Å². The van der Waals surface area contributed by atoms with Crippen LogP contribution in [0.1, 0.15) is 45.4 Å². The first-order chi connectivity index (χ1) is 11.3. The van der Waals surface area contributed by atoms with Crippen LogP contribution in [0.5, 0.6) is 0 Å². The Hall–Kier alpha value is -1.71. The molecule has 128 valence electrons. The van der Waals surface area contributed by atoms with Gasteiger partial charge in [-0.15, -0.1) is 0 Å². The van der Waals surface area contributed by atoms with E-state index in [0.717, 1.165) is 38.4 Å². The lowest BCUT2D eigenvalue weighted by Crippen LogP contribution is -2.42. The van der Waals surface area contributed by atoms with Crippen molar-refractivity contribution in [1.29, 1.82) is 0 Å². The maximum Gasteiger partial charge on any atom is 0.191 e. The van der Waals surface area contributed by atoms with Crippen molar-refractivity contribution in [2.75, 3.05) is 31.6 Å². The number of rotatable bonds is 8. The Morgan fingerprint density at radius 2 is 1.91 bits per heavy atom. The van der Waals surface area contributed by atoms with Gasteiger partial charge in [-0.2, -0.15) is 0 Å². The number of nitrogens with one attached hydrogen (secondary N) is 2. The molecule has 0 saturated heterocycles. The van der Waals surface area contributed by atoms with Crippen molar-refractivity contribution in [1.82, 2.24) is 10.6 Å². The standard InChI is InChI=1S/C19H32N4/c1-3-20-19(22-17-11-7-8-12-17)21-15-9-10-16-23(2)18-13-5-4-6-14-18/h4-6,13-14,17H,3,7-12,15-16H2,1-2H3,(H2,20,21,22). The number of aliphatic imine (C=N–C) groups is 1. The van der Waals surface area contributed by atoms with Crippen LogP contribution in [-0.4, -0.2) is 38.7 Å². The summed E-state index contributed by atoms with van der Waals surface area (Å²) in [7, 11) is 2.16. The zero-order chi connectivity index (χ0) is 16.3. The number of hydrogen-bond donors (Lipinski definition) is 2. The lowest BCUT2D eigenvalue weighted by molar-refractivity contribution is 0.612. The summed E-state index contributed by atoms with van der Waals surface area (Å²) in [6.45, 7) is 5.02. The minimum Gasteiger partial charge on any atom is -0.375 e. The van der Waals surface area contributed by atoms with Crippen LogP contribution in [0, 0.1) is 0 Å². The second-order valence-electron chi connectivity index (χ2n) is 6.35. The second-order valence-corrected chi connectivity index (χ2v) is 6.35. The van der Waals surface area contributed by atoms with E-state index in [9.17, 15) is 0 Å². The molecule has 0 atom stereocenters. The first-order valence-corrected chi connectivity index (χ1v) is 9.10. The topological polar surface area (TPSA) is 39.7 Å². The smallest absolute Gasteiger partial charge is 0.191 e. The molecule has 1 saturated carbocycles. The van der Waals surface area contributed by atoms with Gasteiger partial charge in [-0.25, -0.2) is 0 Å². The van der Waals surface area contributed by atoms with E-state index >= 15 is 0 Å². The number of anilines is 1. The van der Waals surface area contributed by atoms with Crippen LogP contribution >= 0.6 is 0 Å². The van der Waals surface area contributed by atoms with Crippen molar-refractivity contribution in [3.63, 3.8) is 0 Å². The Labute approximate surface area is 141 Å². The summed E-state index contributed by atoms with van der Waals surface area (Å²) in [5.74, 6) is 0.996. The van der Waals surface area contributed by atoms with Crippen LogP contribution in [0.3, 0.4) is 0 Å². The predicted octanol–water partition coefficient (Wildman–Crippen LogP) is 3.40. The molecule has 1 aliphatic carbocycles. The zero-order valence-corrected chi connectivity index (χ0v) is 14.7. The third kappa shape index (κ3) is 6.51. The van der Waals surface area contributed by atoms with Crippen LogP contribution in [0.4, 0.5) is 5.69 Å². The molecular formula is C19H32N4. The SMILES string of the molecule is CCNC(=NCCCCN(C)c1ccccc1)NC1CCCC1. The van der Waals surface area contributed by atoms with Crippen molar-refractivity contribution < 1.29 is 0 Å². The summed E-state index contributed by atoms with van der Waals surface area (Å²) in [6, 6.07) is 11.2. The molecule has 0 bridgehead atoms. The van der Waals surface area contributed by atoms with Crippen LogP contribution in [-0.2, 0) is 0 Å². The van der Waals surface area contributed by atoms with Crippen molar-refractivity contribution >= 4 is 11.6 Å². The number of guanidine groups is 1. The largest absolute Gasteiger partial charge is 0.375 e. The van der Waals surface area contributed by atoms with Gasteiger partial charge in [0.05, 0.1) is 0 Å². The molecule has 2 N–H and O–H groups in total. The quantitative estimate of drug-likeness (QED) is 0.439. The Bertz CT molecular complexity index is 452. The molecule has 0 aromatic heterocycles. The van der Waals surface area contributed by atoms with Gasteiger partial charge in [0.25, 0.3) is 0 Å². The van der Waals surface area contributed by atoms with E-state index in [4.69, 9.17) is 4.99 Å². The average molecular weight is 316 g/mol. The summed E-state index contributed by atoms with van der Waals surface area (Å²) in [6.07, 6.45) is 7.56. The van der Waals surface area contributed by atoms with Crippen molar-refractivity contribution in [2.24, 2.45) is 4.99 Å². The number of hydrogen-bond acceptors (Lipinski definition) is 2. The van der Waals surface area contributed by atoms with E-state index in [1.165, 1.54) is 31.4 Å². The lowest BCUT2D eigenvalue weighted by Gasteiger charge is -2.19. The van der Waals surface area contributed by atoms with Crippen molar-refractivity contribution in [3.05, 3.63) is 30.3 Å². The highest BCUT2D eigenvalue weighted by molar-refractivity contribution is 5.80. The highest BCUT2D eigenvalue weighted by Crippen LogP contribution is 2.17. The third-order valence-corrected chi connectivity index (χ3v) is 4.41. The minimum absolute atomic E-state index is 0.622. The fraction of sp³-hybridized carbons (Fsp3) is 0.632. The molecule has 0 amide bonds. The lowest BCUT2D eigenvalue weighted by atomic mass is 10.2. The highest BCUT2D eigenvalue weighted by atomic mass is 15.2. The predicted molar refractivity (Wildman–Crippen MR) is 100 cm³/mol. The molecule has 1 aromatic rings. The maximum atomic E-state index is 4.72.